The Balaban J connectivity index is 1.30. The van der Waals surface area contributed by atoms with E-state index < -0.39 is 0 Å². The number of anilines is 3. The number of rotatable bonds is 0. The van der Waals surface area contributed by atoms with Crippen LogP contribution in [0.1, 0.15) is 44.5 Å². The average Bonchev–Trinajstić information content (AvgIpc) is 3.44. The maximum atomic E-state index is 2.56. The predicted octanol–water partition coefficient (Wildman–Crippen LogP) is 8.11. The Bertz CT molecular complexity index is 1740. The SMILES string of the molecule is c1ccc2c(c1)Cc1cc3c(cc1-2)-c1cc2c4c(c1C3)Cc1ccccc1N4c1ccccc1C2. The molecule has 0 fully saturated rings. The second kappa shape index (κ2) is 6.31. The van der Waals surface area contributed by atoms with Crippen LogP contribution in [0.5, 0.6) is 0 Å². The lowest BCUT2D eigenvalue weighted by atomic mass is 9.82. The largest absolute Gasteiger partial charge is 0.309 e. The molecule has 0 aromatic heterocycles. The predicted molar refractivity (Wildman–Crippen MR) is 143 cm³/mol. The van der Waals surface area contributed by atoms with Gasteiger partial charge >= 0.3 is 0 Å². The minimum Gasteiger partial charge on any atom is -0.309 e. The molecule has 1 heteroatoms. The summed E-state index contributed by atoms with van der Waals surface area (Å²) in [5.74, 6) is 0. The molecule has 2 aliphatic heterocycles. The van der Waals surface area contributed by atoms with Crippen molar-refractivity contribution in [2.45, 2.75) is 25.7 Å². The first-order valence-corrected chi connectivity index (χ1v) is 12.7. The van der Waals surface area contributed by atoms with Gasteiger partial charge in [0.15, 0.2) is 0 Å². The smallest absolute Gasteiger partial charge is 0.0535 e. The molecule has 164 valence electrons. The lowest BCUT2D eigenvalue weighted by Crippen LogP contribution is -2.25. The fraction of sp³-hybridized carbons (Fsp3) is 0.118. The van der Waals surface area contributed by atoms with E-state index in [2.05, 4.69) is 95.9 Å². The first kappa shape index (κ1) is 18.3. The molecule has 0 atom stereocenters. The average molecular weight is 446 g/mol. The first-order chi connectivity index (χ1) is 17.3. The van der Waals surface area contributed by atoms with Gasteiger partial charge in [0.25, 0.3) is 0 Å². The number of hydrogen-bond donors (Lipinski definition) is 0. The van der Waals surface area contributed by atoms with Crippen molar-refractivity contribution in [2.75, 3.05) is 4.90 Å². The number of nitrogens with zero attached hydrogens (tertiary/aromatic N) is 1. The quantitative estimate of drug-likeness (QED) is 0.228. The summed E-state index contributed by atoms with van der Waals surface area (Å²) in [5.41, 5.74) is 21.8. The fourth-order valence-corrected chi connectivity index (χ4v) is 7.22. The minimum atomic E-state index is 1.01. The number of benzene rings is 5. The van der Waals surface area contributed by atoms with Crippen molar-refractivity contribution in [1.29, 1.82) is 0 Å². The maximum Gasteiger partial charge on any atom is 0.0535 e. The highest BCUT2D eigenvalue weighted by atomic mass is 15.2. The number of fused-ring (bicyclic) bond motifs is 11. The molecule has 0 unspecified atom stereocenters. The van der Waals surface area contributed by atoms with Gasteiger partial charge in [-0.25, -0.2) is 0 Å². The van der Waals surface area contributed by atoms with Crippen LogP contribution in [0.25, 0.3) is 22.3 Å². The van der Waals surface area contributed by atoms with Crippen LogP contribution >= 0.6 is 0 Å². The summed E-state index contributed by atoms with van der Waals surface area (Å²) in [6.45, 7) is 0. The van der Waals surface area contributed by atoms with E-state index in [9.17, 15) is 0 Å². The van der Waals surface area contributed by atoms with E-state index in [1.54, 1.807) is 11.1 Å². The molecule has 0 saturated carbocycles. The highest BCUT2D eigenvalue weighted by molar-refractivity contribution is 5.95. The van der Waals surface area contributed by atoms with Crippen LogP contribution in [0.2, 0.25) is 0 Å². The molecule has 0 bridgehead atoms. The van der Waals surface area contributed by atoms with Gasteiger partial charge in [-0.15, -0.1) is 0 Å². The zero-order valence-electron chi connectivity index (χ0n) is 19.4. The van der Waals surface area contributed by atoms with E-state index in [-0.39, 0.29) is 0 Å². The molecule has 0 saturated heterocycles. The van der Waals surface area contributed by atoms with Gasteiger partial charge in [0, 0.05) is 24.2 Å². The van der Waals surface area contributed by atoms with Gasteiger partial charge in [-0.3, -0.25) is 0 Å². The molecule has 2 aliphatic carbocycles. The summed E-state index contributed by atoms with van der Waals surface area (Å²) >= 11 is 0. The third-order valence-electron chi connectivity index (χ3n) is 8.71. The highest BCUT2D eigenvalue weighted by Gasteiger charge is 2.36. The van der Waals surface area contributed by atoms with Crippen molar-refractivity contribution < 1.29 is 0 Å². The molecular weight excluding hydrogens is 422 g/mol. The van der Waals surface area contributed by atoms with Crippen molar-refractivity contribution in [2.24, 2.45) is 0 Å². The summed E-state index contributed by atoms with van der Waals surface area (Å²) in [4.78, 5) is 2.56. The Morgan fingerprint density at radius 3 is 1.83 bits per heavy atom. The molecule has 0 spiro atoms. The van der Waals surface area contributed by atoms with Crippen molar-refractivity contribution in [3.05, 3.63) is 136 Å². The standard InChI is InChI=1S/C34H23N/c1-4-10-26-20(7-1)13-23-15-24-17-30-29(28(24)19-27(23)26)18-25-14-21-8-2-5-11-32(21)35-33-12-6-3-9-22(33)16-31(30)34(25)35/h1-12,15,18-19H,13-14,16-17H2. The van der Waals surface area contributed by atoms with E-state index in [0.717, 1.165) is 25.7 Å². The lowest BCUT2D eigenvalue weighted by Gasteiger charge is -2.40. The molecule has 4 aliphatic rings. The Morgan fingerprint density at radius 1 is 0.400 bits per heavy atom. The van der Waals surface area contributed by atoms with Crippen LogP contribution in [0.4, 0.5) is 17.1 Å². The van der Waals surface area contributed by atoms with E-state index in [1.807, 2.05) is 0 Å². The molecule has 0 amide bonds. The van der Waals surface area contributed by atoms with Crippen molar-refractivity contribution in [1.82, 2.24) is 0 Å². The van der Waals surface area contributed by atoms with Crippen LogP contribution in [0.15, 0.2) is 91.0 Å². The zero-order chi connectivity index (χ0) is 22.7. The first-order valence-electron chi connectivity index (χ1n) is 12.7. The lowest BCUT2D eigenvalue weighted by molar-refractivity contribution is 0.994. The zero-order valence-corrected chi connectivity index (χ0v) is 19.4. The third-order valence-corrected chi connectivity index (χ3v) is 8.71. The van der Waals surface area contributed by atoms with Crippen LogP contribution in [0.3, 0.4) is 0 Å². The van der Waals surface area contributed by atoms with Crippen molar-refractivity contribution in [3.63, 3.8) is 0 Å². The second-order valence-corrected chi connectivity index (χ2v) is 10.5. The van der Waals surface area contributed by atoms with E-state index in [4.69, 9.17) is 0 Å². The molecule has 0 radical (unpaired) electrons. The third kappa shape index (κ3) is 2.29. The number of hydrogen-bond acceptors (Lipinski definition) is 1. The van der Waals surface area contributed by atoms with Gasteiger partial charge in [-0.1, -0.05) is 66.7 Å². The topological polar surface area (TPSA) is 3.24 Å². The van der Waals surface area contributed by atoms with Crippen LogP contribution in [-0.2, 0) is 25.7 Å². The molecule has 5 aromatic rings. The molecule has 9 rings (SSSR count). The molecule has 35 heavy (non-hydrogen) atoms. The Kier molecular flexibility index (Phi) is 3.29. The summed E-state index contributed by atoms with van der Waals surface area (Å²) in [5, 5.41) is 0. The molecular formula is C34H23N. The molecule has 2 heterocycles. The van der Waals surface area contributed by atoms with E-state index in [1.165, 1.54) is 72.7 Å². The van der Waals surface area contributed by atoms with Crippen LogP contribution < -0.4 is 4.90 Å². The monoisotopic (exact) mass is 445 g/mol. The van der Waals surface area contributed by atoms with Gasteiger partial charge < -0.3 is 4.90 Å². The fourth-order valence-electron chi connectivity index (χ4n) is 7.22. The van der Waals surface area contributed by atoms with Gasteiger partial charge in [-0.05, 0) is 104 Å². The van der Waals surface area contributed by atoms with Gasteiger partial charge in [0.05, 0.1) is 5.69 Å². The van der Waals surface area contributed by atoms with Gasteiger partial charge in [0.1, 0.15) is 0 Å². The number of para-hydroxylation sites is 2. The minimum absolute atomic E-state index is 1.01. The Labute approximate surface area is 205 Å². The highest BCUT2D eigenvalue weighted by Crippen LogP contribution is 2.55. The van der Waals surface area contributed by atoms with Gasteiger partial charge in [0.2, 0.25) is 0 Å². The molecule has 5 aromatic carbocycles. The Morgan fingerprint density at radius 2 is 1.00 bits per heavy atom. The van der Waals surface area contributed by atoms with E-state index in [0.29, 0.717) is 0 Å². The van der Waals surface area contributed by atoms with Crippen LogP contribution in [0, 0.1) is 0 Å². The summed E-state index contributed by atoms with van der Waals surface area (Å²) in [6, 6.07) is 34.5. The van der Waals surface area contributed by atoms with Crippen molar-refractivity contribution in [3.8, 4) is 22.3 Å². The normalized spacial score (nSPS) is 14.9. The summed E-state index contributed by atoms with van der Waals surface area (Å²) < 4.78 is 0. The van der Waals surface area contributed by atoms with Crippen molar-refractivity contribution >= 4 is 17.1 Å². The molecule has 1 nitrogen and oxygen atoms in total. The summed E-state index contributed by atoms with van der Waals surface area (Å²) in [6.07, 6.45) is 4.15. The van der Waals surface area contributed by atoms with Gasteiger partial charge in [-0.2, -0.15) is 0 Å². The second-order valence-electron chi connectivity index (χ2n) is 10.5. The Hall–Kier alpha value is -4.10. The molecule has 0 N–H and O–H groups in total. The summed E-state index contributed by atoms with van der Waals surface area (Å²) in [7, 11) is 0. The van der Waals surface area contributed by atoms with Crippen LogP contribution in [-0.4, -0.2) is 0 Å². The van der Waals surface area contributed by atoms with E-state index >= 15 is 0 Å². The maximum absolute atomic E-state index is 2.56.